The van der Waals surface area contributed by atoms with E-state index in [-0.39, 0.29) is 11.3 Å². The molecule has 0 aromatic heterocycles. The monoisotopic (exact) mass is 215 g/mol. The van der Waals surface area contributed by atoms with Crippen molar-refractivity contribution < 1.29 is 0 Å². The van der Waals surface area contributed by atoms with Crippen molar-refractivity contribution in [1.82, 2.24) is 0 Å². The van der Waals surface area contributed by atoms with E-state index in [2.05, 4.69) is 58.9 Å². The summed E-state index contributed by atoms with van der Waals surface area (Å²) in [5, 5.41) is 9.15. The third-order valence-electron chi connectivity index (χ3n) is 3.08. The summed E-state index contributed by atoms with van der Waals surface area (Å²) in [7, 11) is 0. The third kappa shape index (κ3) is 2.64. The highest BCUT2D eigenvalue weighted by Crippen LogP contribution is 2.29. The normalized spacial score (nSPS) is 13.2. The number of rotatable bonds is 2. The molecule has 0 aliphatic heterocycles. The molecule has 0 saturated heterocycles. The van der Waals surface area contributed by atoms with Gasteiger partial charge in [0.25, 0.3) is 0 Å². The van der Waals surface area contributed by atoms with Crippen molar-refractivity contribution in [3.8, 4) is 6.07 Å². The first-order valence-corrected chi connectivity index (χ1v) is 5.90. The molecule has 0 heterocycles. The van der Waals surface area contributed by atoms with E-state index in [1.165, 1.54) is 16.7 Å². The van der Waals surface area contributed by atoms with Crippen LogP contribution in [0, 0.1) is 18.3 Å². The van der Waals surface area contributed by atoms with E-state index in [0.29, 0.717) is 0 Å². The van der Waals surface area contributed by atoms with Gasteiger partial charge < -0.3 is 0 Å². The lowest BCUT2D eigenvalue weighted by molar-refractivity contribution is 0.588. The second kappa shape index (κ2) is 4.70. The Morgan fingerprint density at radius 3 is 2.38 bits per heavy atom. The molecule has 1 aromatic rings. The Morgan fingerprint density at radius 2 is 1.94 bits per heavy atom. The van der Waals surface area contributed by atoms with Gasteiger partial charge in [-0.2, -0.15) is 5.26 Å². The van der Waals surface area contributed by atoms with Crippen LogP contribution in [-0.2, 0) is 5.41 Å². The van der Waals surface area contributed by atoms with Crippen LogP contribution in [0.25, 0.3) is 0 Å². The summed E-state index contributed by atoms with van der Waals surface area (Å²) in [6, 6.07) is 8.89. The molecule has 0 fully saturated rings. The quantitative estimate of drug-likeness (QED) is 0.721. The SMILES string of the molecule is CCC(C#N)c1cc(C(C)(C)C)ccc1C. The molecule has 1 unspecified atom stereocenters. The van der Waals surface area contributed by atoms with Crippen LogP contribution in [0.5, 0.6) is 0 Å². The van der Waals surface area contributed by atoms with Gasteiger partial charge in [-0.1, -0.05) is 45.9 Å². The van der Waals surface area contributed by atoms with Crippen LogP contribution in [0.2, 0.25) is 0 Å². The molecular weight excluding hydrogens is 194 g/mol. The zero-order chi connectivity index (χ0) is 12.3. The van der Waals surface area contributed by atoms with Gasteiger partial charge in [0.05, 0.1) is 12.0 Å². The van der Waals surface area contributed by atoms with E-state index in [1.807, 2.05) is 0 Å². The fourth-order valence-electron chi connectivity index (χ4n) is 1.86. The molecular formula is C15H21N. The van der Waals surface area contributed by atoms with E-state index in [9.17, 15) is 0 Å². The standard InChI is InChI=1S/C15H21N/c1-6-12(10-16)14-9-13(15(3,4)5)8-7-11(14)2/h7-9,12H,6H2,1-5H3. The Morgan fingerprint density at radius 1 is 1.31 bits per heavy atom. The Kier molecular flexibility index (Phi) is 3.75. The molecule has 1 atom stereocenters. The zero-order valence-corrected chi connectivity index (χ0v) is 11.0. The van der Waals surface area contributed by atoms with E-state index in [4.69, 9.17) is 5.26 Å². The Labute approximate surface area is 99.1 Å². The summed E-state index contributed by atoms with van der Waals surface area (Å²) >= 11 is 0. The summed E-state index contributed by atoms with van der Waals surface area (Å²) < 4.78 is 0. The summed E-state index contributed by atoms with van der Waals surface area (Å²) in [6.45, 7) is 10.8. The lowest BCUT2D eigenvalue weighted by Gasteiger charge is -2.22. The third-order valence-corrected chi connectivity index (χ3v) is 3.08. The zero-order valence-electron chi connectivity index (χ0n) is 11.0. The molecule has 0 N–H and O–H groups in total. The average molecular weight is 215 g/mol. The van der Waals surface area contributed by atoms with Gasteiger partial charge in [-0.05, 0) is 35.4 Å². The van der Waals surface area contributed by atoms with Gasteiger partial charge in [-0.25, -0.2) is 0 Å². The summed E-state index contributed by atoms with van der Waals surface area (Å²) in [6.07, 6.45) is 0.880. The van der Waals surface area contributed by atoms with Crippen molar-refractivity contribution in [2.75, 3.05) is 0 Å². The number of nitriles is 1. The van der Waals surface area contributed by atoms with E-state index in [0.717, 1.165) is 6.42 Å². The smallest absolute Gasteiger partial charge is 0.0712 e. The maximum absolute atomic E-state index is 9.15. The minimum Gasteiger partial charge on any atom is -0.198 e. The average Bonchev–Trinajstić information content (AvgIpc) is 2.20. The molecule has 1 aromatic carbocycles. The summed E-state index contributed by atoms with van der Waals surface area (Å²) in [5.41, 5.74) is 3.87. The molecule has 1 rings (SSSR count). The Bertz CT molecular complexity index is 404. The fraction of sp³-hybridized carbons (Fsp3) is 0.533. The highest BCUT2D eigenvalue weighted by Gasteiger charge is 2.17. The summed E-state index contributed by atoms with van der Waals surface area (Å²) in [4.78, 5) is 0. The van der Waals surface area contributed by atoms with Crippen LogP contribution < -0.4 is 0 Å². The first-order valence-electron chi connectivity index (χ1n) is 5.90. The van der Waals surface area contributed by atoms with Crippen LogP contribution in [0.3, 0.4) is 0 Å². The van der Waals surface area contributed by atoms with Crippen molar-refractivity contribution in [2.45, 2.75) is 52.4 Å². The van der Waals surface area contributed by atoms with E-state index >= 15 is 0 Å². The second-order valence-electron chi connectivity index (χ2n) is 5.41. The van der Waals surface area contributed by atoms with Crippen molar-refractivity contribution >= 4 is 0 Å². The molecule has 1 heteroatoms. The minimum atomic E-state index is 0.0299. The maximum atomic E-state index is 9.15. The molecule has 0 saturated carbocycles. The van der Waals surface area contributed by atoms with E-state index < -0.39 is 0 Å². The Balaban J connectivity index is 3.25. The predicted molar refractivity (Wildman–Crippen MR) is 68.5 cm³/mol. The summed E-state index contributed by atoms with van der Waals surface area (Å²) in [5.74, 6) is 0.0299. The predicted octanol–water partition coefficient (Wildman–Crippen LogP) is 4.31. The van der Waals surface area contributed by atoms with Gasteiger partial charge in [0.2, 0.25) is 0 Å². The number of hydrogen-bond acceptors (Lipinski definition) is 1. The van der Waals surface area contributed by atoms with Crippen LogP contribution in [0.4, 0.5) is 0 Å². The Hall–Kier alpha value is -1.29. The molecule has 86 valence electrons. The van der Waals surface area contributed by atoms with Gasteiger partial charge in [-0.3, -0.25) is 0 Å². The van der Waals surface area contributed by atoms with Crippen LogP contribution in [0.1, 0.15) is 56.7 Å². The van der Waals surface area contributed by atoms with Gasteiger partial charge in [0, 0.05) is 0 Å². The molecule has 0 spiro atoms. The topological polar surface area (TPSA) is 23.8 Å². The molecule has 0 aliphatic carbocycles. The highest BCUT2D eigenvalue weighted by molar-refractivity contribution is 5.38. The van der Waals surface area contributed by atoms with Gasteiger partial charge in [0.1, 0.15) is 0 Å². The van der Waals surface area contributed by atoms with Crippen molar-refractivity contribution in [2.24, 2.45) is 0 Å². The number of hydrogen-bond donors (Lipinski definition) is 0. The van der Waals surface area contributed by atoms with Crippen LogP contribution >= 0.6 is 0 Å². The lowest BCUT2D eigenvalue weighted by atomic mass is 9.83. The molecule has 0 amide bonds. The lowest BCUT2D eigenvalue weighted by Crippen LogP contribution is -2.12. The first kappa shape index (κ1) is 12.8. The number of aryl methyl sites for hydroxylation is 1. The highest BCUT2D eigenvalue weighted by atomic mass is 14.3. The molecule has 0 bridgehead atoms. The number of benzene rings is 1. The first-order chi connectivity index (χ1) is 7.40. The maximum Gasteiger partial charge on any atom is 0.0712 e. The molecule has 0 radical (unpaired) electrons. The van der Waals surface area contributed by atoms with Gasteiger partial charge in [0.15, 0.2) is 0 Å². The van der Waals surface area contributed by atoms with Crippen molar-refractivity contribution in [3.05, 3.63) is 34.9 Å². The fourth-order valence-corrected chi connectivity index (χ4v) is 1.86. The van der Waals surface area contributed by atoms with Gasteiger partial charge in [-0.15, -0.1) is 0 Å². The van der Waals surface area contributed by atoms with Crippen molar-refractivity contribution in [3.63, 3.8) is 0 Å². The van der Waals surface area contributed by atoms with Gasteiger partial charge >= 0.3 is 0 Å². The molecule has 16 heavy (non-hydrogen) atoms. The van der Waals surface area contributed by atoms with Crippen molar-refractivity contribution in [1.29, 1.82) is 5.26 Å². The molecule has 1 nitrogen and oxygen atoms in total. The van der Waals surface area contributed by atoms with E-state index in [1.54, 1.807) is 0 Å². The van der Waals surface area contributed by atoms with Crippen LogP contribution in [-0.4, -0.2) is 0 Å². The second-order valence-corrected chi connectivity index (χ2v) is 5.41. The number of nitrogens with zero attached hydrogens (tertiary/aromatic N) is 1. The molecule has 0 aliphatic rings. The largest absolute Gasteiger partial charge is 0.198 e. The minimum absolute atomic E-state index is 0.0299. The van der Waals surface area contributed by atoms with Crippen LogP contribution in [0.15, 0.2) is 18.2 Å².